The number of hydrogen-bond acceptors (Lipinski definition) is 2. The number of aromatic hydroxyl groups is 1. The Morgan fingerprint density at radius 3 is 3.00 bits per heavy atom. The highest BCUT2D eigenvalue weighted by molar-refractivity contribution is 5.85. The lowest BCUT2D eigenvalue weighted by molar-refractivity contribution is 0.445. The van der Waals surface area contributed by atoms with Gasteiger partial charge < -0.3 is 9.84 Å². The third-order valence-corrected chi connectivity index (χ3v) is 1.68. The fourth-order valence-corrected chi connectivity index (χ4v) is 1.12. The SMILES string of the molecule is Cl.Oc1ccc2c(c1)OC=CC2. The average molecular weight is 185 g/mol. The van der Waals surface area contributed by atoms with Gasteiger partial charge in [-0.25, -0.2) is 0 Å². The van der Waals surface area contributed by atoms with Gasteiger partial charge in [-0.05, 0) is 24.1 Å². The quantitative estimate of drug-likeness (QED) is 0.670. The Morgan fingerprint density at radius 1 is 1.33 bits per heavy atom. The lowest BCUT2D eigenvalue weighted by atomic mass is 10.1. The third-order valence-electron chi connectivity index (χ3n) is 1.68. The summed E-state index contributed by atoms with van der Waals surface area (Å²) in [6.07, 6.45) is 4.47. The molecule has 0 bridgehead atoms. The van der Waals surface area contributed by atoms with Gasteiger partial charge in [-0.1, -0.05) is 6.07 Å². The molecule has 1 heterocycles. The Kier molecular flexibility index (Phi) is 2.61. The number of hydrogen-bond donors (Lipinski definition) is 1. The summed E-state index contributed by atoms with van der Waals surface area (Å²) < 4.78 is 5.16. The lowest BCUT2D eigenvalue weighted by Gasteiger charge is -2.10. The topological polar surface area (TPSA) is 29.5 Å². The van der Waals surface area contributed by atoms with Crippen molar-refractivity contribution in [1.29, 1.82) is 0 Å². The number of phenols is 1. The van der Waals surface area contributed by atoms with Crippen LogP contribution in [0.15, 0.2) is 30.5 Å². The zero-order valence-corrected chi connectivity index (χ0v) is 7.17. The second-order valence-electron chi connectivity index (χ2n) is 2.49. The van der Waals surface area contributed by atoms with Crippen LogP contribution in [-0.2, 0) is 6.42 Å². The van der Waals surface area contributed by atoms with Crippen molar-refractivity contribution in [2.45, 2.75) is 6.42 Å². The van der Waals surface area contributed by atoms with Gasteiger partial charge in [0.1, 0.15) is 11.5 Å². The molecule has 1 aromatic carbocycles. The van der Waals surface area contributed by atoms with Gasteiger partial charge in [0.25, 0.3) is 0 Å². The monoisotopic (exact) mass is 184 g/mol. The molecular formula is C9H9ClO2. The molecule has 0 atom stereocenters. The van der Waals surface area contributed by atoms with E-state index in [2.05, 4.69) is 0 Å². The number of phenolic OH excluding ortho intramolecular Hbond substituents is 1. The minimum absolute atomic E-state index is 0. The minimum atomic E-state index is 0. The summed E-state index contributed by atoms with van der Waals surface area (Å²) in [6, 6.07) is 5.16. The molecule has 0 radical (unpaired) electrons. The predicted octanol–water partition coefficient (Wildman–Crippen LogP) is 2.26. The van der Waals surface area contributed by atoms with Crippen LogP contribution in [0.1, 0.15) is 5.56 Å². The molecule has 3 heteroatoms. The molecular weight excluding hydrogens is 176 g/mol. The second kappa shape index (κ2) is 3.50. The Morgan fingerprint density at radius 2 is 2.17 bits per heavy atom. The maximum absolute atomic E-state index is 9.08. The molecule has 0 unspecified atom stereocenters. The molecule has 12 heavy (non-hydrogen) atoms. The van der Waals surface area contributed by atoms with Crippen LogP contribution >= 0.6 is 12.4 Å². The maximum atomic E-state index is 9.08. The van der Waals surface area contributed by atoms with Crippen LogP contribution in [-0.4, -0.2) is 5.11 Å². The van der Waals surface area contributed by atoms with Crippen molar-refractivity contribution in [1.82, 2.24) is 0 Å². The van der Waals surface area contributed by atoms with E-state index >= 15 is 0 Å². The molecule has 0 fully saturated rings. The van der Waals surface area contributed by atoms with E-state index in [-0.39, 0.29) is 18.2 Å². The molecule has 1 N–H and O–H groups in total. The van der Waals surface area contributed by atoms with Crippen molar-refractivity contribution in [3.8, 4) is 11.5 Å². The van der Waals surface area contributed by atoms with Gasteiger partial charge in [-0.15, -0.1) is 12.4 Å². The Balaban J connectivity index is 0.000000720. The predicted molar refractivity (Wildman–Crippen MR) is 48.8 cm³/mol. The maximum Gasteiger partial charge on any atom is 0.133 e. The molecule has 2 rings (SSSR count). The zero-order valence-electron chi connectivity index (χ0n) is 6.36. The normalized spacial score (nSPS) is 12.7. The van der Waals surface area contributed by atoms with Crippen LogP contribution in [0, 0.1) is 0 Å². The molecule has 0 aromatic heterocycles. The molecule has 0 amide bonds. The van der Waals surface area contributed by atoms with Crippen LogP contribution < -0.4 is 4.74 Å². The number of benzene rings is 1. The molecule has 0 saturated carbocycles. The average Bonchev–Trinajstić information content (AvgIpc) is 2.04. The van der Waals surface area contributed by atoms with Gasteiger partial charge in [0.2, 0.25) is 0 Å². The number of fused-ring (bicyclic) bond motifs is 1. The van der Waals surface area contributed by atoms with E-state index in [1.807, 2.05) is 12.1 Å². The van der Waals surface area contributed by atoms with E-state index in [1.54, 1.807) is 18.4 Å². The number of halogens is 1. The van der Waals surface area contributed by atoms with Gasteiger partial charge >= 0.3 is 0 Å². The summed E-state index contributed by atoms with van der Waals surface area (Å²) in [4.78, 5) is 0. The summed E-state index contributed by atoms with van der Waals surface area (Å²) in [6.45, 7) is 0. The van der Waals surface area contributed by atoms with Crippen molar-refractivity contribution in [2.75, 3.05) is 0 Å². The first-order chi connectivity index (χ1) is 5.36. The van der Waals surface area contributed by atoms with Crippen LogP contribution in [0.5, 0.6) is 11.5 Å². The highest BCUT2D eigenvalue weighted by Gasteiger charge is 2.05. The van der Waals surface area contributed by atoms with E-state index in [0.717, 1.165) is 17.7 Å². The van der Waals surface area contributed by atoms with Crippen molar-refractivity contribution in [3.63, 3.8) is 0 Å². The number of rotatable bonds is 0. The van der Waals surface area contributed by atoms with E-state index in [4.69, 9.17) is 9.84 Å². The van der Waals surface area contributed by atoms with Crippen LogP contribution in [0.2, 0.25) is 0 Å². The molecule has 1 aliphatic rings. The Bertz CT molecular complexity index is 307. The summed E-state index contributed by atoms with van der Waals surface area (Å²) in [5.41, 5.74) is 1.12. The van der Waals surface area contributed by atoms with Gasteiger partial charge in [-0.3, -0.25) is 0 Å². The van der Waals surface area contributed by atoms with Crippen LogP contribution in [0.4, 0.5) is 0 Å². The zero-order chi connectivity index (χ0) is 7.68. The number of ether oxygens (including phenoxy) is 1. The highest BCUT2D eigenvalue weighted by atomic mass is 35.5. The molecule has 1 aromatic rings. The van der Waals surface area contributed by atoms with E-state index in [9.17, 15) is 0 Å². The molecule has 0 aliphatic carbocycles. The lowest BCUT2D eigenvalue weighted by Crippen LogP contribution is -1.94. The summed E-state index contributed by atoms with van der Waals surface area (Å²) in [7, 11) is 0. The van der Waals surface area contributed by atoms with Gasteiger partial charge in [0.05, 0.1) is 6.26 Å². The van der Waals surface area contributed by atoms with Crippen molar-refractivity contribution in [2.24, 2.45) is 0 Å². The summed E-state index contributed by atoms with van der Waals surface area (Å²) in [5.74, 6) is 1.01. The molecule has 2 nitrogen and oxygen atoms in total. The standard InChI is InChI=1S/C9H8O2.ClH/c10-8-4-3-7-2-1-5-11-9(7)6-8;/h1,3-6,10H,2H2;1H. The van der Waals surface area contributed by atoms with Crippen molar-refractivity contribution >= 4 is 12.4 Å². The molecule has 0 spiro atoms. The second-order valence-corrected chi connectivity index (χ2v) is 2.49. The first-order valence-corrected chi connectivity index (χ1v) is 3.50. The van der Waals surface area contributed by atoms with Crippen LogP contribution in [0.25, 0.3) is 0 Å². The van der Waals surface area contributed by atoms with Gasteiger partial charge in [0, 0.05) is 6.07 Å². The molecule has 0 saturated heterocycles. The molecule has 64 valence electrons. The highest BCUT2D eigenvalue weighted by Crippen LogP contribution is 2.26. The summed E-state index contributed by atoms with van der Waals surface area (Å²) in [5, 5.41) is 9.08. The Hall–Kier alpha value is -1.15. The van der Waals surface area contributed by atoms with E-state index in [0.29, 0.717) is 0 Å². The van der Waals surface area contributed by atoms with Crippen LogP contribution in [0.3, 0.4) is 0 Å². The summed E-state index contributed by atoms with van der Waals surface area (Å²) >= 11 is 0. The van der Waals surface area contributed by atoms with Crippen molar-refractivity contribution < 1.29 is 9.84 Å². The van der Waals surface area contributed by atoms with Gasteiger partial charge in [0.15, 0.2) is 0 Å². The number of allylic oxidation sites excluding steroid dienone is 1. The van der Waals surface area contributed by atoms with Gasteiger partial charge in [-0.2, -0.15) is 0 Å². The van der Waals surface area contributed by atoms with E-state index in [1.165, 1.54) is 0 Å². The van der Waals surface area contributed by atoms with E-state index < -0.39 is 0 Å². The molecule has 1 aliphatic heterocycles. The Labute approximate surface area is 76.9 Å². The largest absolute Gasteiger partial charge is 0.508 e. The third kappa shape index (κ3) is 1.53. The minimum Gasteiger partial charge on any atom is -0.508 e. The smallest absolute Gasteiger partial charge is 0.133 e. The first kappa shape index (κ1) is 8.94. The first-order valence-electron chi connectivity index (χ1n) is 3.50. The fraction of sp³-hybridized carbons (Fsp3) is 0.111. The van der Waals surface area contributed by atoms with Crippen molar-refractivity contribution in [3.05, 3.63) is 36.1 Å². The fourth-order valence-electron chi connectivity index (χ4n) is 1.12.